The van der Waals surface area contributed by atoms with Gasteiger partial charge in [0.05, 0.1) is 12.7 Å². The number of para-hydroxylation sites is 1. The Bertz CT molecular complexity index is 507. The number of nitrogens with zero attached hydrogens (tertiary/aromatic N) is 1. The van der Waals surface area contributed by atoms with Crippen LogP contribution in [0.1, 0.15) is 44.1 Å². The molecule has 0 amide bonds. The summed E-state index contributed by atoms with van der Waals surface area (Å²) in [4.78, 5) is 2.32. The molecule has 1 aliphatic carbocycles. The van der Waals surface area contributed by atoms with Crippen LogP contribution in [0.15, 0.2) is 24.3 Å². The summed E-state index contributed by atoms with van der Waals surface area (Å²) in [5.74, 6) is 1.03. The fourth-order valence-electron chi connectivity index (χ4n) is 4.03. The van der Waals surface area contributed by atoms with Gasteiger partial charge in [0.25, 0.3) is 0 Å². The van der Waals surface area contributed by atoms with Gasteiger partial charge in [-0.2, -0.15) is 0 Å². The summed E-state index contributed by atoms with van der Waals surface area (Å²) >= 11 is 0. The van der Waals surface area contributed by atoms with Gasteiger partial charge < -0.3 is 19.5 Å². The molecule has 1 saturated heterocycles. The highest BCUT2D eigenvalue weighted by Crippen LogP contribution is 2.32. The average molecular weight is 333 g/mol. The van der Waals surface area contributed by atoms with Crippen molar-refractivity contribution in [2.75, 3.05) is 33.4 Å². The molecule has 1 saturated carbocycles. The normalized spacial score (nSPS) is 21.3. The van der Waals surface area contributed by atoms with Gasteiger partial charge in [0.1, 0.15) is 5.75 Å². The predicted octanol–water partition coefficient (Wildman–Crippen LogP) is 3.23. The highest BCUT2D eigenvalue weighted by Gasteiger charge is 2.33. The molecular weight excluding hydrogens is 302 g/mol. The number of hydrogen-bond donors (Lipinski definition) is 1. The standard InChI is InChI=1S/C20H31NO3/c1-21(15-20(16-22)10-12-23-13-11-20)14-17-6-2-5-9-19(17)24-18-7-3-4-8-18/h2,5-6,9,18,22H,3-4,7-8,10-16H2,1H3. The second-order valence-corrected chi connectivity index (χ2v) is 7.57. The van der Waals surface area contributed by atoms with Crippen LogP contribution in [-0.2, 0) is 11.3 Å². The topological polar surface area (TPSA) is 41.9 Å². The van der Waals surface area contributed by atoms with Gasteiger partial charge in [-0.3, -0.25) is 0 Å². The average Bonchev–Trinajstić information content (AvgIpc) is 3.10. The van der Waals surface area contributed by atoms with Crippen molar-refractivity contribution in [3.05, 3.63) is 29.8 Å². The minimum absolute atomic E-state index is 0.0196. The number of aliphatic hydroxyl groups is 1. The Morgan fingerprint density at radius 1 is 1.21 bits per heavy atom. The SMILES string of the molecule is CN(Cc1ccccc1OC1CCCC1)CC1(CO)CCOCC1. The third kappa shape index (κ3) is 4.50. The van der Waals surface area contributed by atoms with E-state index in [2.05, 4.69) is 36.2 Å². The van der Waals surface area contributed by atoms with Crippen LogP contribution in [0.4, 0.5) is 0 Å². The van der Waals surface area contributed by atoms with Gasteiger partial charge in [-0.25, -0.2) is 0 Å². The summed E-state index contributed by atoms with van der Waals surface area (Å²) in [7, 11) is 2.14. The van der Waals surface area contributed by atoms with Gasteiger partial charge in [0.2, 0.25) is 0 Å². The maximum absolute atomic E-state index is 9.89. The first-order valence-electron chi connectivity index (χ1n) is 9.32. The van der Waals surface area contributed by atoms with Gasteiger partial charge in [0.15, 0.2) is 0 Å². The smallest absolute Gasteiger partial charge is 0.124 e. The molecule has 0 spiro atoms. The molecule has 24 heavy (non-hydrogen) atoms. The summed E-state index contributed by atoms with van der Waals surface area (Å²) in [6.45, 7) is 3.50. The number of rotatable bonds is 7. The first-order valence-corrected chi connectivity index (χ1v) is 9.32. The van der Waals surface area contributed by atoms with E-state index in [9.17, 15) is 5.11 Å². The van der Waals surface area contributed by atoms with E-state index in [1.165, 1.54) is 31.2 Å². The summed E-state index contributed by atoms with van der Waals surface area (Å²) in [5.41, 5.74) is 1.22. The van der Waals surface area contributed by atoms with Crippen LogP contribution >= 0.6 is 0 Å². The molecule has 1 aromatic carbocycles. The van der Waals surface area contributed by atoms with E-state index in [-0.39, 0.29) is 12.0 Å². The lowest BCUT2D eigenvalue weighted by Gasteiger charge is -2.38. The number of hydrogen-bond acceptors (Lipinski definition) is 4. The highest BCUT2D eigenvalue weighted by atomic mass is 16.5. The predicted molar refractivity (Wildman–Crippen MR) is 95.2 cm³/mol. The lowest BCUT2D eigenvalue weighted by Crippen LogP contribution is -2.42. The largest absolute Gasteiger partial charge is 0.490 e. The highest BCUT2D eigenvalue weighted by molar-refractivity contribution is 5.33. The van der Waals surface area contributed by atoms with E-state index in [0.29, 0.717) is 6.10 Å². The van der Waals surface area contributed by atoms with Gasteiger partial charge in [-0.1, -0.05) is 18.2 Å². The van der Waals surface area contributed by atoms with E-state index in [1.54, 1.807) is 0 Å². The second kappa shape index (κ2) is 8.32. The first kappa shape index (κ1) is 17.7. The van der Waals surface area contributed by atoms with Crippen molar-refractivity contribution in [3.8, 4) is 5.75 Å². The quantitative estimate of drug-likeness (QED) is 0.832. The lowest BCUT2D eigenvalue weighted by atomic mass is 9.80. The van der Waals surface area contributed by atoms with Crippen LogP contribution in [-0.4, -0.2) is 49.5 Å². The lowest BCUT2D eigenvalue weighted by molar-refractivity contribution is -0.0319. The van der Waals surface area contributed by atoms with Crippen LogP contribution in [0.2, 0.25) is 0 Å². The Labute approximate surface area is 145 Å². The number of benzene rings is 1. The van der Waals surface area contributed by atoms with Crippen molar-refractivity contribution in [2.24, 2.45) is 5.41 Å². The van der Waals surface area contributed by atoms with E-state index >= 15 is 0 Å². The zero-order valence-corrected chi connectivity index (χ0v) is 14.9. The van der Waals surface area contributed by atoms with Crippen LogP contribution < -0.4 is 4.74 Å². The number of aliphatic hydroxyl groups excluding tert-OH is 1. The third-order valence-electron chi connectivity index (χ3n) is 5.50. The van der Waals surface area contributed by atoms with Gasteiger partial charge in [0, 0.05) is 37.3 Å². The Morgan fingerprint density at radius 3 is 2.62 bits per heavy atom. The summed E-state index contributed by atoms with van der Waals surface area (Å²) < 4.78 is 11.7. The summed E-state index contributed by atoms with van der Waals surface area (Å²) in [6, 6.07) is 8.40. The Morgan fingerprint density at radius 2 is 1.92 bits per heavy atom. The van der Waals surface area contributed by atoms with Gasteiger partial charge in [-0.05, 0) is 51.6 Å². The molecule has 1 aromatic rings. The molecular formula is C20H31NO3. The van der Waals surface area contributed by atoms with Gasteiger partial charge >= 0.3 is 0 Å². The van der Waals surface area contributed by atoms with Crippen molar-refractivity contribution in [1.82, 2.24) is 4.90 Å². The first-order chi connectivity index (χ1) is 11.7. The molecule has 4 nitrogen and oxygen atoms in total. The fourth-order valence-corrected chi connectivity index (χ4v) is 4.03. The fraction of sp³-hybridized carbons (Fsp3) is 0.700. The maximum Gasteiger partial charge on any atom is 0.124 e. The van der Waals surface area contributed by atoms with E-state index in [0.717, 1.165) is 44.9 Å². The molecule has 0 bridgehead atoms. The van der Waals surface area contributed by atoms with Crippen molar-refractivity contribution in [1.29, 1.82) is 0 Å². The van der Waals surface area contributed by atoms with Crippen molar-refractivity contribution in [3.63, 3.8) is 0 Å². The molecule has 0 aromatic heterocycles. The zero-order chi connectivity index (χ0) is 16.8. The number of ether oxygens (including phenoxy) is 2. The summed E-state index contributed by atoms with van der Waals surface area (Å²) in [6.07, 6.45) is 7.19. The summed E-state index contributed by atoms with van der Waals surface area (Å²) in [5, 5.41) is 9.89. The minimum Gasteiger partial charge on any atom is -0.490 e. The van der Waals surface area contributed by atoms with Crippen molar-refractivity contribution < 1.29 is 14.6 Å². The van der Waals surface area contributed by atoms with E-state index in [4.69, 9.17) is 9.47 Å². The van der Waals surface area contributed by atoms with Crippen LogP contribution in [0.5, 0.6) is 5.75 Å². The van der Waals surface area contributed by atoms with E-state index < -0.39 is 0 Å². The molecule has 1 N–H and O–H groups in total. The monoisotopic (exact) mass is 333 g/mol. The molecule has 0 radical (unpaired) electrons. The van der Waals surface area contributed by atoms with Crippen molar-refractivity contribution >= 4 is 0 Å². The second-order valence-electron chi connectivity index (χ2n) is 7.57. The third-order valence-corrected chi connectivity index (χ3v) is 5.50. The molecule has 0 unspecified atom stereocenters. The van der Waals surface area contributed by atoms with Crippen molar-refractivity contribution in [2.45, 2.75) is 51.2 Å². The molecule has 1 aliphatic heterocycles. The molecule has 134 valence electrons. The molecule has 4 heteroatoms. The van der Waals surface area contributed by atoms with Crippen LogP contribution in [0.3, 0.4) is 0 Å². The Balaban J connectivity index is 1.62. The van der Waals surface area contributed by atoms with Crippen LogP contribution in [0.25, 0.3) is 0 Å². The molecule has 2 fully saturated rings. The zero-order valence-electron chi connectivity index (χ0n) is 14.9. The van der Waals surface area contributed by atoms with Gasteiger partial charge in [-0.15, -0.1) is 0 Å². The molecule has 3 rings (SSSR count). The van der Waals surface area contributed by atoms with Crippen LogP contribution in [0, 0.1) is 5.41 Å². The minimum atomic E-state index is -0.0196. The Hall–Kier alpha value is -1.10. The Kier molecular flexibility index (Phi) is 6.14. The van der Waals surface area contributed by atoms with E-state index in [1.807, 2.05) is 0 Å². The maximum atomic E-state index is 9.89. The molecule has 1 heterocycles. The molecule has 2 aliphatic rings. The molecule has 0 atom stereocenters.